The first-order valence-electron chi connectivity index (χ1n) is 3.78. The monoisotopic (exact) mass is 215 g/mol. The van der Waals surface area contributed by atoms with Crippen LogP contribution in [0.2, 0.25) is 0 Å². The van der Waals surface area contributed by atoms with Gasteiger partial charge in [-0.3, -0.25) is 4.79 Å². The van der Waals surface area contributed by atoms with Crippen molar-refractivity contribution >= 4 is 35.7 Å². The summed E-state index contributed by atoms with van der Waals surface area (Å²) in [6.45, 7) is 0. The van der Waals surface area contributed by atoms with E-state index in [0.29, 0.717) is 5.69 Å². The van der Waals surface area contributed by atoms with E-state index in [4.69, 9.17) is 17.3 Å². The van der Waals surface area contributed by atoms with E-state index in [-0.39, 0.29) is 18.1 Å². The van der Waals surface area contributed by atoms with Crippen molar-refractivity contribution in [3.63, 3.8) is 0 Å². The fraction of sp³-hybridized carbons (Fsp3) is 0.222. The zero-order valence-corrected chi connectivity index (χ0v) is 8.61. The molecule has 0 aromatic heterocycles. The van der Waals surface area contributed by atoms with Gasteiger partial charge in [0.1, 0.15) is 0 Å². The molecule has 0 aliphatic rings. The molecule has 2 N–H and O–H groups in total. The Balaban J connectivity index is 2.87. The maximum atomic E-state index is 11.0. The van der Waals surface area contributed by atoms with Crippen LogP contribution in [0.3, 0.4) is 0 Å². The summed E-state index contributed by atoms with van der Waals surface area (Å²) in [7, 11) is 0. The van der Waals surface area contributed by atoms with Gasteiger partial charge in [0, 0.05) is 17.0 Å². The summed E-state index contributed by atoms with van der Waals surface area (Å²) in [5, 5.41) is 0. The molecule has 0 amide bonds. The minimum atomic E-state index is -0.0349. The van der Waals surface area contributed by atoms with Crippen molar-refractivity contribution in [1.29, 1.82) is 0 Å². The van der Waals surface area contributed by atoms with Crippen molar-refractivity contribution < 1.29 is 4.79 Å². The second-order valence-electron chi connectivity index (χ2n) is 2.73. The van der Waals surface area contributed by atoms with E-state index in [0.717, 1.165) is 10.5 Å². The molecule has 0 spiro atoms. The number of carbonyl (C=O) groups is 1. The Kier molecular flexibility index (Phi) is 3.63. The molecule has 0 atom stereocenters. The predicted octanol–water partition coefficient (Wildman–Crippen LogP) is 1.91. The van der Waals surface area contributed by atoms with Gasteiger partial charge in [-0.2, -0.15) is 0 Å². The zero-order chi connectivity index (χ0) is 9.84. The van der Waals surface area contributed by atoms with Crippen molar-refractivity contribution in [2.24, 2.45) is 0 Å². The fourth-order valence-corrected chi connectivity index (χ4v) is 1.33. The van der Waals surface area contributed by atoms with E-state index in [9.17, 15) is 4.79 Å². The van der Waals surface area contributed by atoms with Gasteiger partial charge in [0.05, 0.1) is 5.88 Å². The fourth-order valence-electron chi connectivity index (χ4n) is 1.00. The van der Waals surface area contributed by atoms with Gasteiger partial charge in [-0.1, -0.05) is 0 Å². The summed E-state index contributed by atoms with van der Waals surface area (Å²) < 4.78 is 0. The average molecular weight is 216 g/mol. The van der Waals surface area contributed by atoms with Gasteiger partial charge in [0.25, 0.3) is 0 Å². The van der Waals surface area contributed by atoms with Crippen molar-refractivity contribution in [1.82, 2.24) is 0 Å². The lowest BCUT2D eigenvalue weighted by Crippen LogP contribution is -2.06. The molecule has 2 nitrogen and oxygen atoms in total. The van der Waals surface area contributed by atoms with Gasteiger partial charge in [0.15, 0.2) is 5.78 Å². The lowest BCUT2D eigenvalue weighted by Gasteiger charge is -2.04. The van der Waals surface area contributed by atoms with Crippen LogP contribution in [0, 0.1) is 0 Å². The lowest BCUT2D eigenvalue weighted by atomic mass is 10.1. The van der Waals surface area contributed by atoms with Crippen molar-refractivity contribution in [3.05, 3.63) is 23.8 Å². The predicted molar refractivity (Wildman–Crippen MR) is 57.5 cm³/mol. The molecule has 0 saturated carbocycles. The second-order valence-corrected chi connectivity index (χ2v) is 3.52. The van der Waals surface area contributed by atoms with Crippen LogP contribution < -0.4 is 5.73 Å². The highest BCUT2D eigenvalue weighted by Crippen LogP contribution is 2.17. The number of nitrogens with two attached hydrogens (primary N) is 1. The molecule has 1 aromatic rings. The number of hydrogen-bond acceptors (Lipinski definition) is 3. The van der Waals surface area contributed by atoms with Crippen LogP contribution in [-0.4, -0.2) is 11.7 Å². The number of nitrogen functional groups attached to an aromatic ring is 1. The van der Waals surface area contributed by atoms with Crippen molar-refractivity contribution in [2.75, 3.05) is 11.6 Å². The van der Waals surface area contributed by atoms with E-state index in [2.05, 4.69) is 12.6 Å². The summed E-state index contributed by atoms with van der Waals surface area (Å²) >= 11 is 9.54. The normalized spacial score (nSPS) is 10.0. The Bertz CT molecular complexity index is 327. The molecular weight excluding hydrogens is 206 g/mol. The van der Waals surface area contributed by atoms with Crippen molar-refractivity contribution in [2.45, 2.75) is 11.3 Å². The molecule has 4 heteroatoms. The summed E-state index contributed by atoms with van der Waals surface area (Å²) in [6, 6.07) is 5.30. The quantitative estimate of drug-likeness (QED) is 0.460. The molecule has 70 valence electrons. The van der Waals surface area contributed by atoms with E-state index in [1.54, 1.807) is 18.2 Å². The number of ketones is 1. The van der Waals surface area contributed by atoms with Crippen LogP contribution in [0.15, 0.2) is 23.1 Å². The Labute approximate surface area is 87.5 Å². The molecule has 0 saturated heterocycles. The lowest BCUT2D eigenvalue weighted by molar-refractivity contribution is -0.116. The topological polar surface area (TPSA) is 43.1 Å². The van der Waals surface area contributed by atoms with E-state index in [1.165, 1.54) is 0 Å². The Morgan fingerprint density at radius 2 is 2.23 bits per heavy atom. The van der Waals surface area contributed by atoms with Crippen LogP contribution in [0.5, 0.6) is 0 Å². The highest BCUT2D eigenvalue weighted by atomic mass is 35.5. The minimum Gasteiger partial charge on any atom is -0.398 e. The maximum absolute atomic E-state index is 11.0. The smallest absolute Gasteiger partial charge is 0.152 e. The van der Waals surface area contributed by atoms with Gasteiger partial charge in [-0.05, 0) is 23.8 Å². The van der Waals surface area contributed by atoms with E-state index >= 15 is 0 Å². The number of halogens is 1. The van der Waals surface area contributed by atoms with Gasteiger partial charge in [-0.15, -0.1) is 24.2 Å². The molecule has 1 rings (SSSR count). The van der Waals surface area contributed by atoms with E-state index < -0.39 is 0 Å². The summed E-state index contributed by atoms with van der Waals surface area (Å²) in [5.74, 6) is -0.0109. The Hall–Kier alpha value is -0.670. The second kappa shape index (κ2) is 4.53. The number of rotatable bonds is 3. The number of carbonyl (C=O) groups excluding carboxylic acids is 1. The molecule has 0 radical (unpaired) electrons. The SMILES string of the molecule is Nc1ccc(S)cc1CC(=O)CCl. The third-order valence-corrected chi connectivity index (χ3v) is 2.24. The van der Waals surface area contributed by atoms with Gasteiger partial charge < -0.3 is 5.73 Å². The number of Topliss-reactive ketones (excluding diaryl/α,β-unsaturated/α-hetero) is 1. The first kappa shape index (κ1) is 10.4. The molecule has 0 bridgehead atoms. The molecule has 0 fully saturated rings. The standard InChI is InChI=1S/C9H10ClNOS/c10-5-7(12)3-6-4-8(13)1-2-9(6)11/h1-2,4,13H,3,5,11H2. The minimum absolute atomic E-state index is 0.0240. The third-order valence-electron chi connectivity index (χ3n) is 1.66. The van der Waals surface area contributed by atoms with Crippen LogP contribution >= 0.6 is 24.2 Å². The van der Waals surface area contributed by atoms with Gasteiger partial charge >= 0.3 is 0 Å². The average Bonchev–Trinajstić information content (AvgIpc) is 2.11. The number of hydrogen-bond donors (Lipinski definition) is 2. The molecular formula is C9H10ClNOS. The highest BCUT2D eigenvalue weighted by Gasteiger charge is 2.05. The molecule has 13 heavy (non-hydrogen) atoms. The molecule has 1 aromatic carbocycles. The first-order chi connectivity index (χ1) is 6.13. The van der Waals surface area contributed by atoms with Gasteiger partial charge in [-0.25, -0.2) is 0 Å². The number of anilines is 1. The largest absolute Gasteiger partial charge is 0.398 e. The van der Waals surface area contributed by atoms with Crippen molar-refractivity contribution in [3.8, 4) is 0 Å². The first-order valence-corrected chi connectivity index (χ1v) is 4.76. The highest BCUT2D eigenvalue weighted by molar-refractivity contribution is 7.80. The Morgan fingerprint density at radius 3 is 2.85 bits per heavy atom. The van der Waals surface area contributed by atoms with Crippen LogP contribution in [-0.2, 0) is 11.2 Å². The molecule has 0 aliphatic carbocycles. The Morgan fingerprint density at radius 1 is 1.54 bits per heavy atom. The van der Waals surface area contributed by atoms with Crippen LogP contribution in [0.25, 0.3) is 0 Å². The number of benzene rings is 1. The zero-order valence-electron chi connectivity index (χ0n) is 6.96. The molecule has 0 heterocycles. The number of alkyl halides is 1. The van der Waals surface area contributed by atoms with E-state index in [1.807, 2.05) is 0 Å². The number of thiol groups is 1. The van der Waals surface area contributed by atoms with Gasteiger partial charge in [0.2, 0.25) is 0 Å². The summed E-state index contributed by atoms with van der Waals surface area (Å²) in [4.78, 5) is 11.8. The van der Waals surface area contributed by atoms with Crippen LogP contribution in [0.4, 0.5) is 5.69 Å². The maximum Gasteiger partial charge on any atom is 0.152 e. The third kappa shape index (κ3) is 2.94. The summed E-state index contributed by atoms with van der Waals surface area (Å²) in [6.07, 6.45) is 0.281. The summed E-state index contributed by atoms with van der Waals surface area (Å²) in [5.41, 5.74) is 7.06. The molecule has 0 unspecified atom stereocenters. The van der Waals surface area contributed by atoms with Crippen LogP contribution in [0.1, 0.15) is 5.56 Å². The molecule has 0 aliphatic heterocycles.